The van der Waals surface area contributed by atoms with E-state index in [1.165, 1.54) is 15.6 Å². The van der Waals surface area contributed by atoms with Crippen molar-refractivity contribution in [1.29, 1.82) is 0 Å². The van der Waals surface area contributed by atoms with Crippen molar-refractivity contribution in [3.8, 4) is 12.3 Å². The average Bonchev–Trinajstić information content (AvgIpc) is 3.00. The summed E-state index contributed by atoms with van der Waals surface area (Å²) in [7, 11) is 0. The molecule has 1 unspecified atom stereocenters. The summed E-state index contributed by atoms with van der Waals surface area (Å²) in [5.74, 6) is 2.99. The van der Waals surface area contributed by atoms with Crippen LogP contribution in [0.25, 0.3) is 10.1 Å². The Morgan fingerprint density at radius 1 is 1.42 bits per heavy atom. The zero-order valence-corrected chi connectivity index (χ0v) is 11.5. The van der Waals surface area contributed by atoms with Gasteiger partial charge in [0, 0.05) is 30.1 Å². The van der Waals surface area contributed by atoms with Crippen molar-refractivity contribution in [2.75, 3.05) is 13.1 Å². The van der Waals surface area contributed by atoms with E-state index in [4.69, 9.17) is 6.42 Å². The predicted molar refractivity (Wildman–Crippen MR) is 79.0 cm³/mol. The summed E-state index contributed by atoms with van der Waals surface area (Å²) in [5.41, 5.74) is 1.33. The number of nitrogens with zero attached hydrogens (tertiary/aromatic N) is 1. The van der Waals surface area contributed by atoms with Crippen LogP contribution in [-0.4, -0.2) is 23.9 Å². The molecule has 3 heteroatoms. The van der Waals surface area contributed by atoms with Crippen molar-refractivity contribution in [3.05, 3.63) is 35.2 Å². The monoisotopic (exact) mass is 269 g/mol. The van der Waals surface area contributed by atoms with Crippen molar-refractivity contribution >= 4 is 27.3 Å². The molecule has 1 aliphatic heterocycles. The Morgan fingerprint density at radius 3 is 3.05 bits per heavy atom. The molecule has 2 aromatic rings. The first kappa shape index (κ1) is 12.3. The Morgan fingerprint density at radius 2 is 2.26 bits per heavy atom. The molecule has 0 N–H and O–H groups in total. The molecule has 1 aliphatic rings. The highest BCUT2D eigenvalue weighted by Crippen LogP contribution is 2.26. The summed E-state index contributed by atoms with van der Waals surface area (Å²) in [4.78, 5) is 13.7. The number of hydrogen-bond acceptors (Lipinski definition) is 2. The maximum atomic E-state index is 11.8. The van der Waals surface area contributed by atoms with Crippen molar-refractivity contribution in [2.24, 2.45) is 5.92 Å². The second-order valence-electron chi connectivity index (χ2n) is 4.91. The molecule has 0 bridgehead atoms. The van der Waals surface area contributed by atoms with E-state index in [2.05, 4.69) is 35.6 Å². The predicted octanol–water partition coefficient (Wildman–Crippen LogP) is 2.93. The van der Waals surface area contributed by atoms with Gasteiger partial charge in [0.1, 0.15) is 0 Å². The first-order valence-electron chi connectivity index (χ1n) is 6.47. The third-order valence-corrected chi connectivity index (χ3v) is 4.67. The highest BCUT2D eigenvalue weighted by molar-refractivity contribution is 7.17. The molecule has 1 aromatic carbocycles. The van der Waals surface area contributed by atoms with Gasteiger partial charge in [-0.1, -0.05) is 18.2 Å². The molecule has 0 spiro atoms. The quantitative estimate of drug-likeness (QED) is 0.785. The Hall–Kier alpha value is -1.79. The molecule has 0 radical (unpaired) electrons. The van der Waals surface area contributed by atoms with E-state index >= 15 is 0 Å². The van der Waals surface area contributed by atoms with Crippen molar-refractivity contribution in [3.63, 3.8) is 0 Å². The summed E-state index contributed by atoms with van der Waals surface area (Å²) in [6.45, 7) is 1.50. The van der Waals surface area contributed by atoms with Gasteiger partial charge in [-0.25, -0.2) is 0 Å². The zero-order chi connectivity index (χ0) is 13.2. The van der Waals surface area contributed by atoms with Crippen LogP contribution in [0.1, 0.15) is 12.0 Å². The average molecular weight is 269 g/mol. The molecule has 1 aromatic heterocycles. The number of benzene rings is 1. The summed E-state index contributed by atoms with van der Waals surface area (Å²) < 4.78 is 1.31. The van der Waals surface area contributed by atoms with Gasteiger partial charge in [-0.2, -0.15) is 0 Å². The van der Waals surface area contributed by atoms with E-state index in [1.54, 1.807) is 11.3 Å². The lowest BCUT2D eigenvalue weighted by molar-refractivity contribution is -0.127. The Bertz CT molecular complexity index is 652. The van der Waals surface area contributed by atoms with Crippen LogP contribution in [0.5, 0.6) is 0 Å². The van der Waals surface area contributed by atoms with Crippen molar-refractivity contribution in [1.82, 2.24) is 4.90 Å². The van der Waals surface area contributed by atoms with E-state index in [-0.39, 0.29) is 11.8 Å². The minimum absolute atomic E-state index is 0.103. The van der Waals surface area contributed by atoms with Gasteiger partial charge in [-0.05, 0) is 28.8 Å². The second kappa shape index (κ2) is 5.07. The van der Waals surface area contributed by atoms with Gasteiger partial charge < -0.3 is 4.90 Å². The smallest absolute Gasteiger partial charge is 0.223 e. The molecular weight excluding hydrogens is 254 g/mol. The number of carbonyl (C=O) groups excluding carboxylic acids is 1. The Balaban J connectivity index is 1.70. The number of fused-ring (bicyclic) bond motifs is 1. The molecular formula is C16H15NOS. The molecule has 2 nitrogen and oxygen atoms in total. The first-order valence-corrected chi connectivity index (χ1v) is 7.35. The van der Waals surface area contributed by atoms with Crippen LogP contribution < -0.4 is 0 Å². The fourth-order valence-corrected chi connectivity index (χ4v) is 3.58. The van der Waals surface area contributed by atoms with Gasteiger partial charge in [-0.3, -0.25) is 4.79 Å². The topological polar surface area (TPSA) is 20.3 Å². The fourth-order valence-electron chi connectivity index (χ4n) is 2.58. The molecule has 1 atom stereocenters. The molecule has 1 saturated heterocycles. The fraction of sp³-hybridized carbons (Fsp3) is 0.312. The van der Waals surface area contributed by atoms with Crippen LogP contribution in [0.3, 0.4) is 0 Å². The molecule has 0 saturated carbocycles. The third kappa shape index (κ3) is 2.36. The summed E-state index contributed by atoms with van der Waals surface area (Å²) >= 11 is 1.77. The van der Waals surface area contributed by atoms with Crippen LogP contribution >= 0.6 is 11.3 Å². The normalized spacial score (nSPS) is 19.0. The molecule has 1 amide bonds. The number of hydrogen-bond donors (Lipinski definition) is 0. The van der Waals surface area contributed by atoms with Crippen molar-refractivity contribution < 1.29 is 4.79 Å². The van der Waals surface area contributed by atoms with E-state index in [0.29, 0.717) is 6.42 Å². The number of likely N-dealkylation sites (tertiary alicyclic amines) is 1. The number of amides is 1. The SMILES string of the molecule is C#CC1CC(=O)N(CCc2csc3ccccc23)C1. The van der Waals surface area contributed by atoms with Gasteiger partial charge >= 0.3 is 0 Å². The van der Waals surface area contributed by atoms with E-state index in [9.17, 15) is 4.79 Å². The number of rotatable bonds is 3. The molecule has 96 valence electrons. The van der Waals surface area contributed by atoms with Crippen LogP contribution in [0.4, 0.5) is 0 Å². The van der Waals surface area contributed by atoms with Gasteiger partial charge in [0.2, 0.25) is 5.91 Å². The molecule has 0 aliphatic carbocycles. The van der Waals surface area contributed by atoms with Gasteiger partial charge in [0.15, 0.2) is 0 Å². The number of thiophene rings is 1. The minimum Gasteiger partial charge on any atom is -0.341 e. The van der Waals surface area contributed by atoms with Crippen LogP contribution in [0, 0.1) is 18.3 Å². The maximum Gasteiger partial charge on any atom is 0.223 e. The van der Waals surface area contributed by atoms with E-state index in [1.807, 2.05) is 4.90 Å². The number of carbonyl (C=O) groups is 1. The zero-order valence-electron chi connectivity index (χ0n) is 10.6. The largest absolute Gasteiger partial charge is 0.341 e. The summed E-state index contributed by atoms with van der Waals surface area (Å²) in [6.07, 6.45) is 6.82. The van der Waals surface area contributed by atoms with Crippen LogP contribution in [0.15, 0.2) is 29.6 Å². The van der Waals surface area contributed by atoms with Gasteiger partial charge in [-0.15, -0.1) is 23.7 Å². The second-order valence-corrected chi connectivity index (χ2v) is 5.83. The molecule has 19 heavy (non-hydrogen) atoms. The summed E-state index contributed by atoms with van der Waals surface area (Å²) in [6, 6.07) is 8.41. The highest BCUT2D eigenvalue weighted by atomic mass is 32.1. The lowest BCUT2D eigenvalue weighted by atomic mass is 10.1. The molecule has 1 fully saturated rings. The minimum atomic E-state index is 0.103. The van der Waals surface area contributed by atoms with Gasteiger partial charge in [0.25, 0.3) is 0 Å². The Kier molecular flexibility index (Phi) is 3.27. The van der Waals surface area contributed by atoms with Crippen LogP contribution in [-0.2, 0) is 11.2 Å². The Labute approximate surface area is 117 Å². The standard InChI is InChI=1S/C16H15NOS/c1-2-12-9-16(18)17(10-12)8-7-13-11-19-15-6-4-3-5-14(13)15/h1,3-6,11-12H,7-10H2. The van der Waals surface area contributed by atoms with Crippen LogP contribution in [0.2, 0.25) is 0 Å². The first-order chi connectivity index (χ1) is 9.28. The summed E-state index contributed by atoms with van der Waals surface area (Å²) in [5, 5.41) is 3.51. The van der Waals surface area contributed by atoms with Gasteiger partial charge in [0.05, 0.1) is 0 Å². The third-order valence-electron chi connectivity index (χ3n) is 3.66. The van der Waals surface area contributed by atoms with E-state index in [0.717, 1.165) is 19.5 Å². The molecule has 3 rings (SSSR count). The van der Waals surface area contributed by atoms with E-state index < -0.39 is 0 Å². The highest BCUT2D eigenvalue weighted by Gasteiger charge is 2.27. The number of terminal acetylenes is 1. The van der Waals surface area contributed by atoms with Crippen molar-refractivity contribution in [2.45, 2.75) is 12.8 Å². The lowest BCUT2D eigenvalue weighted by Crippen LogP contribution is -2.27. The maximum absolute atomic E-state index is 11.8. The molecule has 2 heterocycles. The lowest BCUT2D eigenvalue weighted by Gasteiger charge is -2.15.